The number of carbonyl (C=O) groups excluding carboxylic acids is 1. The van der Waals surface area contributed by atoms with Gasteiger partial charge >= 0.3 is 0 Å². The first-order valence-electron chi connectivity index (χ1n) is 6.14. The number of hydrogen-bond acceptors (Lipinski definition) is 4. The van der Waals surface area contributed by atoms with Crippen LogP contribution in [0.4, 0.5) is 5.69 Å². The second kappa shape index (κ2) is 5.43. The Morgan fingerprint density at radius 1 is 1.20 bits per heavy atom. The molecule has 1 aliphatic heterocycles. The molecule has 0 bridgehead atoms. The van der Waals surface area contributed by atoms with Crippen LogP contribution in [0, 0.1) is 0 Å². The summed E-state index contributed by atoms with van der Waals surface area (Å²) in [7, 11) is 0. The van der Waals surface area contributed by atoms with Gasteiger partial charge in [-0.15, -0.1) is 0 Å². The Hall–Kier alpha value is -2.20. The van der Waals surface area contributed by atoms with Crippen molar-refractivity contribution in [3.8, 4) is 5.75 Å². The molecular formula is C15H11ClN2O2. The monoisotopic (exact) mass is 286 g/mol. The van der Waals surface area contributed by atoms with E-state index in [0.29, 0.717) is 27.7 Å². The lowest BCUT2D eigenvalue weighted by molar-refractivity contribution is 0.0998. The Labute approximate surface area is 121 Å². The topological polar surface area (TPSA) is 51.5 Å². The summed E-state index contributed by atoms with van der Waals surface area (Å²) in [4.78, 5) is 20.4. The van der Waals surface area contributed by atoms with E-state index in [-0.39, 0.29) is 18.8 Å². The fourth-order valence-corrected chi connectivity index (χ4v) is 2.11. The standard InChI is InChI=1S/C15H11ClN2O2/c16-10-1-3-12(4-2-10)20-9-11-7-15(19)13-5-6-17-8-14(13)18-11/h1-6,8H,7,9H2. The van der Waals surface area contributed by atoms with Crippen LogP contribution >= 0.6 is 11.6 Å². The number of fused-ring (bicyclic) bond motifs is 1. The number of rotatable bonds is 3. The summed E-state index contributed by atoms with van der Waals surface area (Å²) in [5.41, 5.74) is 1.93. The first-order valence-corrected chi connectivity index (χ1v) is 6.52. The number of pyridine rings is 1. The van der Waals surface area contributed by atoms with Crippen LogP contribution in [0.25, 0.3) is 0 Å². The number of ketones is 1. The number of benzene rings is 1. The Bertz CT molecular complexity index is 681. The van der Waals surface area contributed by atoms with Gasteiger partial charge in [0.2, 0.25) is 0 Å². The molecule has 2 aromatic rings. The minimum Gasteiger partial charge on any atom is -0.488 e. The summed E-state index contributed by atoms with van der Waals surface area (Å²) in [6.07, 6.45) is 3.47. The van der Waals surface area contributed by atoms with Crippen molar-refractivity contribution in [3.05, 3.63) is 53.3 Å². The summed E-state index contributed by atoms with van der Waals surface area (Å²) in [6.45, 7) is 0.279. The van der Waals surface area contributed by atoms with Crippen molar-refractivity contribution in [2.45, 2.75) is 6.42 Å². The van der Waals surface area contributed by atoms with Crippen LogP contribution < -0.4 is 4.74 Å². The number of ether oxygens (including phenoxy) is 1. The molecule has 20 heavy (non-hydrogen) atoms. The molecule has 0 saturated carbocycles. The van der Waals surface area contributed by atoms with Gasteiger partial charge in [-0.2, -0.15) is 0 Å². The summed E-state index contributed by atoms with van der Waals surface area (Å²) >= 11 is 5.80. The van der Waals surface area contributed by atoms with Crippen molar-refractivity contribution < 1.29 is 9.53 Å². The maximum Gasteiger partial charge on any atom is 0.170 e. The summed E-state index contributed by atoms with van der Waals surface area (Å²) in [6, 6.07) is 8.76. The molecule has 1 aromatic carbocycles. The van der Waals surface area contributed by atoms with Crippen LogP contribution in [-0.4, -0.2) is 23.1 Å². The van der Waals surface area contributed by atoms with Crippen molar-refractivity contribution in [2.75, 3.05) is 6.61 Å². The van der Waals surface area contributed by atoms with Gasteiger partial charge in [-0.3, -0.25) is 14.8 Å². The molecule has 3 rings (SSSR count). The Balaban J connectivity index is 1.74. The highest BCUT2D eigenvalue weighted by atomic mass is 35.5. The van der Waals surface area contributed by atoms with Crippen molar-refractivity contribution in [2.24, 2.45) is 4.99 Å². The van der Waals surface area contributed by atoms with Crippen LogP contribution in [0.15, 0.2) is 47.7 Å². The molecule has 100 valence electrons. The van der Waals surface area contributed by atoms with Crippen LogP contribution in [0.3, 0.4) is 0 Å². The SMILES string of the molecule is O=C1CC(COc2ccc(Cl)cc2)=Nc2cnccc21. The predicted octanol–water partition coefficient (Wildman–Crippen LogP) is 3.47. The average Bonchev–Trinajstić information content (AvgIpc) is 2.47. The van der Waals surface area contributed by atoms with E-state index in [1.54, 1.807) is 42.7 Å². The molecule has 0 aliphatic carbocycles. The van der Waals surface area contributed by atoms with E-state index in [4.69, 9.17) is 16.3 Å². The highest BCUT2D eigenvalue weighted by molar-refractivity contribution is 6.30. The fourth-order valence-electron chi connectivity index (χ4n) is 1.98. The molecule has 4 nitrogen and oxygen atoms in total. The highest BCUT2D eigenvalue weighted by Crippen LogP contribution is 2.24. The summed E-state index contributed by atoms with van der Waals surface area (Å²) in [5.74, 6) is 0.744. The van der Waals surface area contributed by atoms with E-state index in [9.17, 15) is 4.79 Å². The van der Waals surface area contributed by atoms with Crippen molar-refractivity contribution >= 4 is 28.8 Å². The van der Waals surface area contributed by atoms with Gasteiger partial charge < -0.3 is 4.74 Å². The zero-order valence-electron chi connectivity index (χ0n) is 10.5. The molecular weight excluding hydrogens is 276 g/mol. The average molecular weight is 287 g/mol. The van der Waals surface area contributed by atoms with E-state index >= 15 is 0 Å². The summed E-state index contributed by atoms with van der Waals surface area (Å²) in [5, 5.41) is 0.655. The molecule has 0 atom stereocenters. The maximum absolute atomic E-state index is 12.0. The maximum atomic E-state index is 12.0. The largest absolute Gasteiger partial charge is 0.488 e. The smallest absolute Gasteiger partial charge is 0.170 e. The van der Waals surface area contributed by atoms with Crippen molar-refractivity contribution in [3.63, 3.8) is 0 Å². The lowest BCUT2D eigenvalue weighted by Gasteiger charge is -2.14. The van der Waals surface area contributed by atoms with Gasteiger partial charge in [-0.1, -0.05) is 11.6 Å². The van der Waals surface area contributed by atoms with Gasteiger partial charge in [0, 0.05) is 16.8 Å². The van der Waals surface area contributed by atoms with E-state index in [0.717, 1.165) is 0 Å². The second-order valence-electron chi connectivity index (χ2n) is 4.41. The van der Waals surface area contributed by atoms with E-state index in [1.807, 2.05) is 0 Å². The van der Waals surface area contributed by atoms with E-state index in [2.05, 4.69) is 9.98 Å². The van der Waals surface area contributed by atoms with Crippen LogP contribution in [-0.2, 0) is 0 Å². The molecule has 2 heterocycles. The van der Waals surface area contributed by atoms with Crippen LogP contribution in [0.5, 0.6) is 5.75 Å². The number of hydrogen-bond donors (Lipinski definition) is 0. The minimum atomic E-state index is 0.0482. The number of carbonyl (C=O) groups is 1. The normalized spacial score (nSPS) is 13.7. The molecule has 1 aliphatic rings. The van der Waals surface area contributed by atoms with Crippen LogP contribution in [0.2, 0.25) is 5.02 Å². The van der Waals surface area contributed by atoms with Gasteiger partial charge in [0.25, 0.3) is 0 Å². The highest BCUT2D eigenvalue weighted by Gasteiger charge is 2.20. The predicted molar refractivity (Wildman–Crippen MR) is 77.2 cm³/mol. The number of nitrogens with zero attached hydrogens (tertiary/aromatic N) is 2. The molecule has 0 amide bonds. The molecule has 0 radical (unpaired) electrons. The van der Waals surface area contributed by atoms with E-state index in [1.165, 1.54) is 0 Å². The fraction of sp³-hybridized carbons (Fsp3) is 0.133. The molecule has 5 heteroatoms. The second-order valence-corrected chi connectivity index (χ2v) is 4.85. The molecule has 0 spiro atoms. The Kier molecular flexibility index (Phi) is 3.48. The zero-order valence-corrected chi connectivity index (χ0v) is 11.3. The van der Waals surface area contributed by atoms with Gasteiger partial charge in [0.1, 0.15) is 12.4 Å². The quantitative estimate of drug-likeness (QED) is 0.868. The number of aliphatic imine (C=N–C) groups is 1. The number of halogens is 1. The number of aromatic nitrogens is 1. The van der Waals surface area contributed by atoms with Gasteiger partial charge in [-0.25, -0.2) is 0 Å². The third-order valence-corrected chi connectivity index (χ3v) is 3.21. The lowest BCUT2D eigenvalue weighted by Crippen LogP contribution is -2.19. The minimum absolute atomic E-state index is 0.0482. The number of Topliss-reactive ketones (excluding diaryl/α,β-unsaturated/α-hetero) is 1. The van der Waals surface area contributed by atoms with Crippen molar-refractivity contribution in [1.82, 2.24) is 4.98 Å². The Morgan fingerprint density at radius 2 is 2.00 bits per heavy atom. The molecule has 0 saturated heterocycles. The molecule has 1 aromatic heterocycles. The zero-order chi connectivity index (χ0) is 13.9. The van der Waals surface area contributed by atoms with Crippen LogP contribution in [0.1, 0.15) is 16.8 Å². The first-order chi connectivity index (χ1) is 9.72. The van der Waals surface area contributed by atoms with E-state index < -0.39 is 0 Å². The van der Waals surface area contributed by atoms with Crippen molar-refractivity contribution in [1.29, 1.82) is 0 Å². The summed E-state index contributed by atoms with van der Waals surface area (Å²) < 4.78 is 5.60. The first kappa shape index (κ1) is 12.8. The van der Waals surface area contributed by atoms with Gasteiger partial charge in [0.05, 0.1) is 24.0 Å². The van der Waals surface area contributed by atoms with Gasteiger partial charge in [0.15, 0.2) is 5.78 Å². The van der Waals surface area contributed by atoms with Gasteiger partial charge in [-0.05, 0) is 30.3 Å². The lowest BCUT2D eigenvalue weighted by atomic mass is 10.0. The molecule has 0 N–H and O–H groups in total. The Morgan fingerprint density at radius 3 is 2.80 bits per heavy atom. The molecule has 0 unspecified atom stereocenters. The molecule has 0 fully saturated rings. The third-order valence-electron chi connectivity index (χ3n) is 2.96. The third kappa shape index (κ3) is 2.70.